The summed E-state index contributed by atoms with van der Waals surface area (Å²) in [5.41, 5.74) is 5.70. The molecule has 3 aliphatic rings. The van der Waals surface area contributed by atoms with Crippen LogP contribution in [0, 0.1) is 0 Å². The third kappa shape index (κ3) is 2.75. The molecule has 2 aliphatic heterocycles. The van der Waals surface area contributed by atoms with Crippen LogP contribution in [0.2, 0.25) is 0 Å². The van der Waals surface area contributed by atoms with E-state index in [0.717, 1.165) is 23.1 Å². The van der Waals surface area contributed by atoms with E-state index in [-0.39, 0.29) is 19.8 Å². The van der Waals surface area contributed by atoms with E-state index in [4.69, 9.17) is 14.2 Å². The average Bonchev–Trinajstić information content (AvgIpc) is 3.26. The van der Waals surface area contributed by atoms with Gasteiger partial charge in [-0.25, -0.2) is 9.59 Å². The van der Waals surface area contributed by atoms with Gasteiger partial charge in [0.25, 0.3) is 0 Å². The highest BCUT2D eigenvalue weighted by Gasteiger charge is 2.49. The first-order valence-corrected chi connectivity index (χ1v) is 9.24. The van der Waals surface area contributed by atoms with Crippen molar-refractivity contribution in [1.29, 1.82) is 0 Å². The number of carbonyl (C=O) groups is 2. The Labute approximate surface area is 161 Å². The second kappa shape index (κ2) is 6.61. The van der Waals surface area contributed by atoms with Crippen LogP contribution in [0.4, 0.5) is 4.79 Å². The highest BCUT2D eigenvalue weighted by atomic mass is 16.6. The Balaban J connectivity index is 1.33. The van der Waals surface area contributed by atoms with E-state index >= 15 is 0 Å². The first-order chi connectivity index (χ1) is 13.6. The molecule has 7 heteroatoms. The van der Waals surface area contributed by atoms with Crippen molar-refractivity contribution in [3.8, 4) is 11.1 Å². The van der Waals surface area contributed by atoms with Gasteiger partial charge in [-0.05, 0) is 34.2 Å². The van der Waals surface area contributed by atoms with Crippen LogP contribution in [-0.4, -0.2) is 53.7 Å². The number of cyclic esters (lactones) is 1. The smallest absolute Gasteiger partial charge is 0.411 e. The molecule has 0 radical (unpaired) electrons. The summed E-state index contributed by atoms with van der Waals surface area (Å²) in [4.78, 5) is 25.8. The number of aliphatic hydroxyl groups is 1. The summed E-state index contributed by atoms with van der Waals surface area (Å²) in [7, 11) is 0. The second-order valence-electron chi connectivity index (χ2n) is 7.19. The van der Waals surface area contributed by atoms with Gasteiger partial charge in [0, 0.05) is 0 Å². The van der Waals surface area contributed by atoms with Gasteiger partial charge in [0.05, 0.1) is 6.54 Å². The van der Waals surface area contributed by atoms with Gasteiger partial charge in [0.2, 0.25) is 0 Å². The summed E-state index contributed by atoms with van der Waals surface area (Å²) in [5, 5.41) is 9.84. The number of rotatable bonds is 2. The maximum absolute atomic E-state index is 12.7. The number of esters is 1. The van der Waals surface area contributed by atoms with E-state index in [1.54, 1.807) is 0 Å². The Kier molecular flexibility index (Phi) is 4.07. The van der Waals surface area contributed by atoms with Crippen LogP contribution in [0.15, 0.2) is 42.5 Å². The van der Waals surface area contributed by atoms with Gasteiger partial charge in [0.15, 0.2) is 12.3 Å². The van der Waals surface area contributed by atoms with Gasteiger partial charge in [-0.3, -0.25) is 4.90 Å². The molecular weight excluding hydrogens is 362 g/mol. The van der Waals surface area contributed by atoms with Crippen molar-refractivity contribution in [3.05, 3.63) is 59.2 Å². The largest absolute Gasteiger partial charge is 0.461 e. The molecule has 1 aliphatic carbocycles. The molecule has 2 saturated heterocycles. The van der Waals surface area contributed by atoms with Crippen LogP contribution < -0.4 is 0 Å². The first kappa shape index (κ1) is 17.2. The summed E-state index contributed by atoms with van der Waals surface area (Å²) >= 11 is 0. The van der Waals surface area contributed by atoms with Crippen molar-refractivity contribution < 1.29 is 28.9 Å². The van der Waals surface area contributed by atoms with Gasteiger partial charge >= 0.3 is 12.1 Å². The van der Waals surface area contributed by atoms with Gasteiger partial charge in [0.1, 0.15) is 19.3 Å². The standard InChI is InChI=1S/C21H19NO6/c23-18-9-22(19-17(28-18)11-26-20(19)24)21(25)27-10-13-5-3-7-15-14-6-2-1-4-12(14)8-16(13)15/h1-7,17-19,23H,8-11H2. The highest BCUT2D eigenvalue weighted by Crippen LogP contribution is 2.38. The van der Waals surface area contributed by atoms with Gasteiger partial charge in [-0.2, -0.15) is 0 Å². The van der Waals surface area contributed by atoms with Gasteiger partial charge < -0.3 is 19.3 Å². The van der Waals surface area contributed by atoms with Gasteiger partial charge in [-0.1, -0.05) is 42.5 Å². The molecule has 2 heterocycles. The molecule has 0 spiro atoms. The zero-order valence-corrected chi connectivity index (χ0v) is 15.0. The fraction of sp³-hybridized carbons (Fsp3) is 0.333. The molecule has 0 saturated carbocycles. The molecule has 5 rings (SSSR count). The van der Waals surface area contributed by atoms with E-state index in [9.17, 15) is 14.7 Å². The highest BCUT2D eigenvalue weighted by molar-refractivity contribution is 5.84. The van der Waals surface area contributed by atoms with Crippen molar-refractivity contribution >= 4 is 12.1 Å². The van der Waals surface area contributed by atoms with Crippen molar-refractivity contribution in [3.63, 3.8) is 0 Å². The molecule has 0 bridgehead atoms. The minimum absolute atomic E-state index is 0.0226. The minimum Gasteiger partial charge on any atom is -0.461 e. The van der Waals surface area contributed by atoms with E-state index in [1.165, 1.54) is 16.0 Å². The zero-order chi connectivity index (χ0) is 19.3. The molecule has 28 heavy (non-hydrogen) atoms. The number of aliphatic hydroxyl groups excluding tert-OH is 1. The van der Waals surface area contributed by atoms with Crippen molar-refractivity contribution in [2.24, 2.45) is 0 Å². The van der Waals surface area contributed by atoms with Crippen LogP contribution in [0.5, 0.6) is 0 Å². The molecule has 3 unspecified atom stereocenters. The fourth-order valence-corrected chi connectivity index (χ4v) is 4.23. The fourth-order valence-electron chi connectivity index (χ4n) is 4.23. The number of benzene rings is 2. The Hall–Kier alpha value is -2.90. The predicted octanol–water partition coefficient (Wildman–Crippen LogP) is 1.84. The SMILES string of the molecule is O=C1OCC2OC(O)CN(C(=O)OCc3cccc4c3Cc3ccccc3-4)C12. The number of hydrogen-bond donors (Lipinski definition) is 1. The molecule has 3 atom stereocenters. The van der Waals surface area contributed by atoms with Crippen LogP contribution >= 0.6 is 0 Å². The topological polar surface area (TPSA) is 85.3 Å². The monoisotopic (exact) mass is 381 g/mol. The molecule has 7 nitrogen and oxygen atoms in total. The van der Waals surface area contributed by atoms with Crippen LogP contribution in [0.25, 0.3) is 11.1 Å². The lowest BCUT2D eigenvalue weighted by molar-refractivity contribution is -0.188. The lowest BCUT2D eigenvalue weighted by Gasteiger charge is -2.36. The van der Waals surface area contributed by atoms with E-state index < -0.39 is 30.5 Å². The lowest BCUT2D eigenvalue weighted by atomic mass is 10.0. The third-order valence-electron chi connectivity index (χ3n) is 5.54. The summed E-state index contributed by atoms with van der Waals surface area (Å²) in [6.45, 7) is -0.0158. The molecule has 0 aromatic heterocycles. The average molecular weight is 381 g/mol. The summed E-state index contributed by atoms with van der Waals surface area (Å²) in [5.74, 6) is -0.537. The quantitative estimate of drug-likeness (QED) is 0.682. The van der Waals surface area contributed by atoms with Crippen molar-refractivity contribution in [2.45, 2.75) is 31.5 Å². The van der Waals surface area contributed by atoms with Crippen molar-refractivity contribution in [1.82, 2.24) is 4.90 Å². The predicted molar refractivity (Wildman–Crippen MR) is 97.2 cm³/mol. The van der Waals surface area contributed by atoms with E-state index in [2.05, 4.69) is 18.2 Å². The summed E-state index contributed by atoms with van der Waals surface area (Å²) in [6, 6.07) is 13.3. The summed E-state index contributed by atoms with van der Waals surface area (Å²) in [6.07, 6.45) is -1.70. The maximum atomic E-state index is 12.7. The second-order valence-corrected chi connectivity index (χ2v) is 7.19. The van der Waals surface area contributed by atoms with E-state index in [0.29, 0.717) is 0 Å². The number of morpholine rings is 1. The molecule has 2 aromatic rings. The van der Waals surface area contributed by atoms with Crippen LogP contribution in [0.1, 0.15) is 16.7 Å². The first-order valence-electron chi connectivity index (χ1n) is 9.24. The number of fused-ring (bicyclic) bond motifs is 4. The maximum Gasteiger partial charge on any atom is 0.411 e. The normalized spacial score (nSPS) is 25.0. The van der Waals surface area contributed by atoms with Crippen LogP contribution in [-0.2, 0) is 32.0 Å². The van der Waals surface area contributed by atoms with Crippen LogP contribution in [0.3, 0.4) is 0 Å². The molecule has 1 N–H and O–H groups in total. The van der Waals surface area contributed by atoms with Gasteiger partial charge in [-0.15, -0.1) is 0 Å². The van der Waals surface area contributed by atoms with Crippen molar-refractivity contribution in [2.75, 3.05) is 13.2 Å². The number of carbonyl (C=O) groups excluding carboxylic acids is 2. The number of ether oxygens (including phenoxy) is 3. The minimum atomic E-state index is -1.17. The molecule has 2 aromatic carbocycles. The Bertz CT molecular complexity index is 958. The third-order valence-corrected chi connectivity index (χ3v) is 5.54. The number of β-amino-alcohol motifs (C(OH)–C–C–N with tert-alkyl or cyclic N) is 1. The molecule has 2 fully saturated rings. The lowest BCUT2D eigenvalue weighted by Crippen LogP contribution is -2.57. The molecule has 144 valence electrons. The number of hydrogen-bond acceptors (Lipinski definition) is 6. The molecule has 1 amide bonds. The Morgan fingerprint density at radius 2 is 2.00 bits per heavy atom. The summed E-state index contributed by atoms with van der Waals surface area (Å²) < 4.78 is 15.8. The molecular formula is C21H19NO6. The zero-order valence-electron chi connectivity index (χ0n) is 15.0. The Morgan fingerprint density at radius 1 is 1.18 bits per heavy atom. The van der Waals surface area contributed by atoms with E-state index in [1.807, 2.05) is 24.3 Å². The Morgan fingerprint density at radius 3 is 2.89 bits per heavy atom. The number of amides is 1. The number of nitrogens with zero attached hydrogens (tertiary/aromatic N) is 1.